The minimum absolute atomic E-state index is 0.386. The van der Waals surface area contributed by atoms with E-state index in [1.165, 1.54) is 0 Å². The van der Waals surface area contributed by atoms with Gasteiger partial charge in [-0.15, -0.1) is 5.10 Å². The van der Waals surface area contributed by atoms with E-state index in [9.17, 15) is 0 Å². The van der Waals surface area contributed by atoms with Gasteiger partial charge in [0.05, 0.1) is 6.10 Å². The molecule has 0 unspecified atom stereocenters. The Bertz CT molecular complexity index is 519. The number of halogens is 1. The van der Waals surface area contributed by atoms with E-state index in [2.05, 4.69) is 26.2 Å². The lowest BCUT2D eigenvalue weighted by atomic mass is 10.3. The van der Waals surface area contributed by atoms with Crippen LogP contribution in [-0.2, 0) is 7.05 Å². The minimum Gasteiger partial charge on any atom is -0.488 e. The summed E-state index contributed by atoms with van der Waals surface area (Å²) in [5, 5.41) is 8.06. The van der Waals surface area contributed by atoms with Crippen molar-refractivity contribution in [2.75, 3.05) is 0 Å². The first-order valence-corrected chi connectivity index (χ1v) is 5.69. The number of aromatic nitrogens is 3. The van der Waals surface area contributed by atoms with E-state index in [4.69, 9.17) is 4.74 Å². The molecule has 0 amide bonds. The second-order valence-corrected chi connectivity index (χ2v) is 4.72. The molecule has 0 bridgehead atoms. The van der Waals surface area contributed by atoms with Crippen LogP contribution in [0.1, 0.15) is 12.8 Å². The Morgan fingerprint density at radius 3 is 3.00 bits per heavy atom. The Hall–Kier alpha value is -1.10. The van der Waals surface area contributed by atoms with Gasteiger partial charge in [0.15, 0.2) is 0 Å². The highest BCUT2D eigenvalue weighted by molar-refractivity contribution is 9.10. The van der Waals surface area contributed by atoms with Crippen molar-refractivity contribution in [2.24, 2.45) is 7.05 Å². The van der Waals surface area contributed by atoms with Crippen molar-refractivity contribution in [3.8, 4) is 5.75 Å². The van der Waals surface area contributed by atoms with Gasteiger partial charge in [-0.2, -0.15) is 0 Å². The van der Waals surface area contributed by atoms with Crippen molar-refractivity contribution in [1.29, 1.82) is 0 Å². The molecule has 0 saturated heterocycles. The molecular formula is C10H10BrN3O. The quantitative estimate of drug-likeness (QED) is 0.838. The Morgan fingerprint density at radius 2 is 2.27 bits per heavy atom. The SMILES string of the molecule is Cn1nnc2cc(Br)cc(OC3CC3)c21. The van der Waals surface area contributed by atoms with E-state index in [1.807, 2.05) is 19.2 Å². The van der Waals surface area contributed by atoms with Gasteiger partial charge in [0.25, 0.3) is 0 Å². The van der Waals surface area contributed by atoms with Crippen molar-refractivity contribution < 1.29 is 4.74 Å². The Labute approximate surface area is 95.3 Å². The summed E-state index contributed by atoms with van der Waals surface area (Å²) in [6.07, 6.45) is 2.69. The predicted octanol–water partition coefficient (Wildman–Crippen LogP) is 2.27. The van der Waals surface area contributed by atoms with Crippen LogP contribution < -0.4 is 4.74 Å². The average molecular weight is 268 g/mol. The number of aryl methyl sites for hydroxylation is 1. The highest BCUT2D eigenvalue weighted by Crippen LogP contribution is 2.33. The van der Waals surface area contributed by atoms with Crippen molar-refractivity contribution in [2.45, 2.75) is 18.9 Å². The van der Waals surface area contributed by atoms with E-state index in [1.54, 1.807) is 4.68 Å². The number of hydrogen-bond acceptors (Lipinski definition) is 3. The van der Waals surface area contributed by atoms with Crippen LogP contribution in [0.15, 0.2) is 16.6 Å². The number of ether oxygens (including phenoxy) is 1. The summed E-state index contributed by atoms with van der Waals surface area (Å²) in [5.41, 5.74) is 1.83. The first kappa shape index (κ1) is 9.15. The maximum atomic E-state index is 5.83. The van der Waals surface area contributed by atoms with Crippen LogP contribution in [0, 0.1) is 0 Å². The van der Waals surface area contributed by atoms with E-state index in [0.29, 0.717) is 6.10 Å². The molecule has 0 radical (unpaired) electrons. The number of fused-ring (bicyclic) bond motifs is 1. The van der Waals surface area contributed by atoms with Crippen molar-refractivity contribution >= 4 is 27.0 Å². The molecule has 0 N–H and O–H groups in total. The van der Waals surface area contributed by atoms with Crippen molar-refractivity contribution in [1.82, 2.24) is 15.0 Å². The smallest absolute Gasteiger partial charge is 0.148 e. The lowest BCUT2D eigenvalue weighted by Gasteiger charge is -2.06. The summed E-state index contributed by atoms with van der Waals surface area (Å²) in [6.45, 7) is 0. The van der Waals surface area contributed by atoms with Gasteiger partial charge in [-0.3, -0.25) is 0 Å². The highest BCUT2D eigenvalue weighted by atomic mass is 79.9. The molecule has 2 aromatic rings. The fraction of sp³-hybridized carbons (Fsp3) is 0.400. The fourth-order valence-electron chi connectivity index (χ4n) is 1.58. The van der Waals surface area contributed by atoms with Crippen molar-refractivity contribution in [3.63, 3.8) is 0 Å². The molecule has 0 aliphatic heterocycles. The van der Waals surface area contributed by atoms with Gasteiger partial charge in [0.1, 0.15) is 16.8 Å². The lowest BCUT2D eigenvalue weighted by Crippen LogP contribution is -1.99. The number of hydrogen-bond donors (Lipinski definition) is 0. The summed E-state index contributed by atoms with van der Waals surface area (Å²) in [7, 11) is 1.88. The van der Waals surface area contributed by atoms with Crippen LogP contribution in [0.25, 0.3) is 11.0 Å². The fourth-order valence-corrected chi connectivity index (χ4v) is 2.00. The molecule has 1 saturated carbocycles. The van der Waals surface area contributed by atoms with E-state index in [-0.39, 0.29) is 0 Å². The zero-order chi connectivity index (χ0) is 10.4. The molecule has 1 fully saturated rings. The van der Waals surface area contributed by atoms with Crippen LogP contribution in [0.3, 0.4) is 0 Å². The van der Waals surface area contributed by atoms with Crippen LogP contribution in [0.2, 0.25) is 0 Å². The molecule has 15 heavy (non-hydrogen) atoms. The van der Waals surface area contributed by atoms with Gasteiger partial charge in [0.2, 0.25) is 0 Å². The Balaban J connectivity index is 2.18. The number of rotatable bonds is 2. The molecule has 1 aromatic heterocycles. The maximum Gasteiger partial charge on any atom is 0.148 e. The second kappa shape index (κ2) is 3.20. The molecule has 5 heteroatoms. The third kappa shape index (κ3) is 1.61. The van der Waals surface area contributed by atoms with E-state index < -0.39 is 0 Å². The summed E-state index contributed by atoms with van der Waals surface area (Å²) < 4.78 is 8.56. The number of benzene rings is 1. The minimum atomic E-state index is 0.386. The van der Waals surface area contributed by atoms with E-state index >= 15 is 0 Å². The van der Waals surface area contributed by atoms with Crippen LogP contribution >= 0.6 is 15.9 Å². The number of nitrogens with zero attached hydrogens (tertiary/aromatic N) is 3. The predicted molar refractivity (Wildman–Crippen MR) is 59.9 cm³/mol. The standard InChI is InChI=1S/C10H10BrN3O/c1-14-10-8(12-13-14)4-6(11)5-9(10)15-7-2-3-7/h4-5,7H,2-3H2,1H3. The molecule has 4 nitrogen and oxygen atoms in total. The largest absolute Gasteiger partial charge is 0.488 e. The molecule has 0 spiro atoms. The Morgan fingerprint density at radius 1 is 1.47 bits per heavy atom. The first-order chi connectivity index (χ1) is 7.24. The normalized spacial score (nSPS) is 15.9. The zero-order valence-electron chi connectivity index (χ0n) is 8.27. The topological polar surface area (TPSA) is 39.9 Å². The van der Waals surface area contributed by atoms with E-state index in [0.717, 1.165) is 34.1 Å². The molecule has 78 valence electrons. The summed E-state index contributed by atoms with van der Waals surface area (Å²) in [6, 6.07) is 3.92. The van der Waals surface area contributed by atoms with Crippen LogP contribution in [0.4, 0.5) is 0 Å². The van der Waals surface area contributed by atoms with Gasteiger partial charge < -0.3 is 4.74 Å². The maximum absolute atomic E-state index is 5.83. The molecule has 1 aliphatic carbocycles. The van der Waals surface area contributed by atoms with Crippen LogP contribution in [0.5, 0.6) is 5.75 Å². The molecule has 1 aromatic carbocycles. The molecule has 1 aliphatic rings. The van der Waals surface area contributed by atoms with Crippen LogP contribution in [-0.4, -0.2) is 21.1 Å². The average Bonchev–Trinajstić information content (AvgIpc) is 2.91. The van der Waals surface area contributed by atoms with Crippen molar-refractivity contribution in [3.05, 3.63) is 16.6 Å². The first-order valence-electron chi connectivity index (χ1n) is 4.89. The highest BCUT2D eigenvalue weighted by Gasteiger charge is 2.25. The molecular weight excluding hydrogens is 258 g/mol. The van der Waals surface area contributed by atoms with Gasteiger partial charge in [-0.25, -0.2) is 4.68 Å². The third-order valence-corrected chi connectivity index (χ3v) is 2.91. The Kier molecular flexibility index (Phi) is 1.95. The molecule has 3 rings (SSSR count). The summed E-state index contributed by atoms with van der Waals surface area (Å²) in [4.78, 5) is 0. The van der Waals surface area contributed by atoms with Gasteiger partial charge in [0, 0.05) is 11.5 Å². The second-order valence-electron chi connectivity index (χ2n) is 3.80. The summed E-state index contributed by atoms with van der Waals surface area (Å²) >= 11 is 3.45. The molecule has 0 atom stereocenters. The van der Waals surface area contributed by atoms with Gasteiger partial charge >= 0.3 is 0 Å². The van der Waals surface area contributed by atoms with Gasteiger partial charge in [-0.1, -0.05) is 21.1 Å². The zero-order valence-corrected chi connectivity index (χ0v) is 9.86. The monoisotopic (exact) mass is 267 g/mol. The third-order valence-electron chi connectivity index (χ3n) is 2.45. The summed E-state index contributed by atoms with van der Waals surface area (Å²) in [5.74, 6) is 0.870. The van der Waals surface area contributed by atoms with Gasteiger partial charge in [-0.05, 0) is 25.0 Å². The molecule has 1 heterocycles. The lowest BCUT2D eigenvalue weighted by molar-refractivity contribution is 0.305.